The van der Waals surface area contributed by atoms with Gasteiger partial charge in [-0.3, -0.25) is 4.98 Å². The first-order valence-corrected chi connectivity index (χ1v) is 13.8. The molecule has 0 aliphatic carbocycles. The maximum absolute atomic E-state index is 5.23. The fourth-order valence-electron chi connectivity index (χ4n) is 5.19. The van der Waals surface area contributed by atoms with E-state index in [1.54, 1.807) is 0 Å². The van der Waals surface area contributed by atoms with Crippen LogP contribution >= 0.6 is 15.9 Å². The first-order valence-electron chi connectivity index (χ1n) is 13.0. The number of fused-ring (bicyclic) bond motifs is 2. The molecule has 0 spiro atoms. The van der Waals surface area contributed by atoms with Crippen molar-refractivity contribution in [3.8, 4) is 0 Å². The third kappa shape index (κ3) is 4.77. The number of nitrogens with zero attached hydrogens (tertiary/aromatic N) is 3. The molecule has 188 valence electrons. The Hall–Kier alpha value is -3.76. The van der Waals surface area contributed by atoms with Crippen LogP contribution in [-0.4, -0.2) is 10.8 Å². The lowest BCUT2D eigenvalue weighted by atomic mass is 9.86. The summed E-state index contributed by atoms with van der Waals surface area (Å²) in [5.41, 5.74) is 7.94. The Morgan fingerprint density at radius 1 is 0.789 bits per heavy atom. The largest absolute Gasteiger partial charge is 0.318 e. The lowest BCUT2D eigenvalue weighted by Crippen LogP contribution is -2.39. The molecule has 0 fully saturated rings. The number of pyridine rings is 1. The van der Waals surface area contributed by atoms with Gasteiger partial charge in [-0.25, -0.2) is 4.99 Å². The first kappa shape index (κ1) is 24.6. The van der Waals surface area contributed by atoms with Gasteiger partial charge in [0.15, 0.2) is 0 Å². The molecule has 3 nitrogen and oxygen atoms in total. The van der Waals surface area contributed by atoms with Gasteiger partial charge in [-0.1, -0.05) is 103 Å². The predicted octanol–water partition coefficient (Wildman–Crippen LogP) is 9.18. The predicted molar refractivity (Wildman–Crippen MR) is 163 cm³/mol. The Kier molecular flexibility index (Phi) is 6.37. The molecule has 2 heterocycles. The zero-order chi connectivity index (χ0) is 26.3. The van der Waals surface area contributed by atoms with Gasteiger partial charge >= 0.3 is 0 Å². The fraction of sp³-hybridized carbons (Fsp3) is 0.176. The van der Waals surface area contributed by atoms with Crippen LogP contribution in [0.5, 0.6) is 0 Å². The molecule has 1 atom stereocenters. The summed E-state index contributed by atoms with van der Waals surface area (Å²) in [6.07, 6.45) is 0.761. The number of hydrogen-bond donors (Lipinski definition) is 0. The quantitative estimate of drug-likeness (QED) is 0.219. The minimum atomic E-state index is 0.0452. The molecule has 1 aromatic heterocycles. The maximum atomic E-state index is 5.23. The topological polar surface area (TPSA) is 28.5 Å². The van der Waals surface area contributed by atoms with E-state index in [9.17, 15) is 0 Å². The molecule has 0 bridgehead atoms. The summed E-state index contributed by atoms with van der Waals surface area (Å²) >= 11 is 3.58. The van der Waals surface area contributed by atoms with E-state index in [0.717, 1.165) is 50.3 Å². The number of para-hydroxylation sites is 2. The normalized spacial score (nSPS) is 15.3. The molecule has 1 aliphatic rings. The van der Waals surface area contributed by atoms with Crippen molar-refractivity contribution in [1.82, 2.24) is 4.98 Å². The van der Waals surface area contributed by atoms with Crippen molar-refractivity contribution in [1.29, 1.82) is 0 Å². The van der Waals surface area contributed by atoms with Crippen molar-refractivity contribution in [3.05, 3.63) is 136 Å². The molecule has 0 saturated carbocycles. The second-order valence-electron chi connectivity index (χ2n) is 10.9. The first-order chi connectivity index (χ1) is 18.4. The van der Waals surface area contributed by atoms with Crippen LogP contribution in [0, 0.1) is 0 Å². The van der Waals surface area contributed by atoms with Gasteiger partial charge < -0.3 is 4.90 Å². The van der Waals surface area contributed by atoms with Crippen LogP contribution in [-0.2, 0) is 11.8 Å². The maximum Gasteiger partial charge on any atom is 0.141 e. The smallest absolute Gasteiger partial charge is 0.141 e. The second kappa shape index (κ2) is 9.85. The lowest BCUT2D eigenvalue weighted by molar-refractivity contribution is 0.590. The summed E-state index contributed by atoms with van der Waals surface area (Å²) in [5.74, 6) is 0.963. The van der Waals surface area contributed by atoms with Crippen molar-refractivity contribution in [2.75, 3.05) is 4.90 Å². The summed E-state index contributed by atoms with van der Waals surface area (Å²) in [6.45, 7) is 6.74. The average Bonchev–Trinajstić information content (AvgIpc) is 2.93. The Labute approximate surface area is 233 Å². The number of rotatable bonds is 4. The van der Waals surface area contributed by atoms with Gasteiger partial charge in [-0.05, 0) is 53.4 Å². The van der Waals surface area contributed by atoms with Crippen molar-refractivity contribution in [2.24, 2.45) is 4.99 Å². The van der Waals surface area contributed by atoms with Gasteiger partial charge in [0.1, 0.15) is 5.84 Å². The molecule has 0 saturated heterocycles. The van der Waals surface area contributed by atoms with Gasteiger partial charge in [0.25, 0.3) is 0 Å². The molecule has 1 unspecified atom stereocenters. The highest BCUT2D eigenvalue weighted by atomic mass is 79.9. The van der Waals surface area contributed by atoms with E-state index in [0.29, 0.717) is 0 Å². The van der Waals surface area contributed by atoms with Gasteiger partial charge in [-0.15, -0.1) is 0 Å². The SMILES string of the molecule is CC(C)(C)c1ccc(C2=Nc3ccccc3C(Cc3ccc4cc(Br)ccc4n3)N2c2ccccc2)cc1. The van der Waals surface area contributed by atoms with Crippen LogP contribution in [0.15, 0.2) is 119 Å². The molecule has 4 aromatic carbocycles. The van der Waals surface area contributed by atoms with E-state index in [1.807, 2.05) is 0 Å². The monoisotopic (exact) mass is 559 g/mol. The van der Waals surface area contributed by atoms with Gasteiger partial charge in [0, 0.05) is 38.8 Å². The van der Waals surface area contributed by atoms with Crippen molar-refractivity contribution in [3.63, 3.8) is 0 Å². The minimum absolute atomic E-state index is 0.0452. The highest BCUT2D eigenvalue weighted by Gasteiger charge is 2.32. The van der Waals surface area contributed by atoms with Crippen LogP contribution in [0.1, 0.15) is 49.2 Å². The number of benzene rings is 4. The summed E-state index contributed by atoms with van der Waals surface area (Å²) < 4.78 is 1.06. The zero-order valence-corrected chi connectivity index (χ0v) is 23.5. The molecule has 5 aromatic rings. The Balaban J connectivity index is 1.49. The van der Waals surface area contributed by atoms with E-state index in [4.69, 9.17) is 9.98 Å². The molecule has 0 amide bonds. The summed E-state index contributed by atoms with van der Waals surface area (Å²) in [6, 6.07) is 38.6. The van der Waals surface area contributed by atoms with Crippen LogP contribution in [0.25, 0.3) is 10.9 Å². The van der Waals surface area contributed by atoms with Crippen molar-refractivity contribution in [2.45, 2.75) is 38.6 Å². The average molecular weight is 561 g/mol. The van der Waals surface area contributed by atoms with E-state index in [1.165, 1.54) is 11.1 Å². The van der Waals surface area contributed by atoms with Crippen LogP contribution in [0.3, 0.4) is 0 Å². The summed E-state index contributed by atoms with van der Waals surface area (Å²) in [5, 5.41) is 1.13. The van der Waals surface area contributed by atoms with Crippen LogP contribution < -0.4 is 4.90 Å². The van der Waals surface area contributed by atoms with E-state index >= 15 is 0 Å². The van der Waals surface area contributed by atoms with Gasteiger partial charge in [-0.2, -0.15) is 0 Å². The molecule has 6 rings (SSSR count). The lowest BCUT2D eigenvalue weighted by Gasteiger charge is -2.38. The van der Waals surface area contributed by atoms with Gasteiger partial charge in [0.2, 0.25) is 0 Å². The van der Waals surface area contributed by atoms with Crippen molar-refractivity contribution >= 4 is 44.0 Å². The molecule has 1 aliphatic heterocycles. The molecule has 4 heteroatoms. The second-order valence-corrected chi connectivity index (χ2v) is 11.8. The Bertz CT molecular complexity index is 1630. The third-order valence-electron chi connectivity index (χ3n) is 7.22. The Morgan fingerprint density at radius 3 is 2.29 bits per heavy atom. The molecule has 0 N–H and O–H groups in total. The zero-order valence-electron chi connectivity index (χ0n) is 21.9. The number of anilines is 1. The number of halogens is 1. The van der Waals surface area contributed by atoms with Gasteiger partial charge in [0.05, 0.1) is 17.2 Å². The van der Waals surface area contributed by atoms with Crippen LogP contribution in [0.2, 0.25) is 0 Å². The Morgan fingerprint density at radius 2 is 1.53 bits per heavy atom. The number of hydrogen-bond acceptors (Lipinski definition) is 3. The molecule has 0 radical (unpaired) electrons. The fourth-order valence-corrected chi connectivity index (χ4v) is 5.57. The van der Waals surface area contributed by atoms with Crippen molar-refractivity contribution < 1.29 is 0 Å². The molecule has 38 heavy (non-hydrogen) atoms. The number of aliphatic imine (C=N–C) groups is 1. The van der Waals surface area contributed by atoms with Crippen LogP contribution in [0.4, 0.5) is 11.4 Å². The highest BCUT2D eigenvalue weighted by molar-refractivity contribution is 9.10. The standard InChI is InChI=1S/C34H30BrN3/c1-34(2,3)25-16-13-23(14-17-25)33-37-31-12-8-7-11-29(31)32(38(33)28-9-5-4-6-10-28)22-27-19-15-24-21-26(35)18-20-30(24)36-27/h4-21,32H,22H2,1-3H3. The summed E-state index contributed by atoms with van der Waals surface area (Å²) in [4.78, 5) is 12.7. The van der Waals surface area contributed by atoms with E-state index < -0.39 is 0 Å². The third-order valence-corrected chi connectivity index (χ3v) is 7.71. The summed E-state index contributed by atoms with van der Waals surface area (Å²) in [7, 11) is 0. The molecular formula is C34H30BrN3. The van der Waals surface area contributed by atoms with E-state index in [2.05, 4.69) is 151 Å². The van der Waals surface area contributed by atoms with E-state index in [-0.39, 0.29) is 11.5 Å². The highest BCUT2D eigenvalue weighted by Crippen LogP contribution is 2.41. The molecular weight excluding hydrogens is 530 g/mol. The number of aromatic nitrogens is 1. The minimum Gasteiger partial charge on any atom is -0.318 e. The number of amidine groups is 1.